The molecule has 0 spiro atoms. The summed E-state index contributed by atoms with van der Waals surface area (Å²) in [5.74, 6) is -0.609. The first-order chi connectivity index (χ1) is 7.90. The van der Waals surface area contributed by atoms with Crippen molar-refractivity contribution < 1.29 is 18.7 Å². The fourth-order valence-electron chi connectivity index (χ4n) is 1.29. The van der Waals surface area contributed by atoms with Gasteiger partial charge in [-0.3, -0.25) is 4.79 Å². The Morgan fingerprint density at radius 2 is 2.00 bits per heavy atom. The molecular weight excluding hydrogens is 243 g/mol. The Hall–Kier alpha value is -1.23. The van der Waals surface area contributed by atoms with Gasteiger partial charge in [-0.05, 0) is 32.0 Å². The summed E-state index contributed by atoms with van der Waals surface area (Å²) in [7, 11) is 2.74. The Labute approximate surface area is 104 Å². The maximum Gasteiger partial charge on any atom is 0.321 e. The number of hydrogen-bond donors (Lipinski definition) is 0. The second-order valence-corrected chi connectivity index (χ2v) is 5.60. The number of carbonyl (C=O) groups excluding carboxylic acids is 1. The summed E-state index contributed by atoms with van der Waals surface area (Å²) in [4.78, 5) is 12.1. The van der Waals surface area contributed by atoms with E-state index in [1.807, 2.05) is 0 Å². The molecule has 0 saturated heterocycles. The Morgan fingerprint density at radius 3 is 2.47 bits per heavy atom. The Kier molecular flexibility index (Phi) is 4.40. The van der Waals surface area contributed by atoms with E-state index in [-0.39, 0.29) is 11.7 Å². The van der Waals surface area contributed by atoms with Crippen LogP contribution in [0.5, 0.6) is 5.75 Å². The van der Waals surface area contributed by atoms with Crippen LogP contribution in [0.15, 0.2) is 23.1 Å². The van der Waals surface area contributed by atoms with E-state index in [2.05, 4.69) is 4.74 Å². The normalized spacial score (nSPS) is 11.1. The number of rotatable bonds is 4. The lowest BCUT2D eigenvalue weighted by atomic mass is 10.2. The maximum absolute atomic E-state index is 13.5. The van der Waals surface area contributed by atoms with Gasteiger partial charge in [0.1, 0.15) is 4.75 Å². The Bertz CT molecular complexity index is 418. The standard InChI is InChI=1S/C12H15FO3S/c1-12(2,11(14)16-4)17-8-5-6-10(15-3)9(13)7-8/h5-7H,1-4H3. The number of hydrogen-bond acceptors (Lipinski definition) is 4. The molecule has 1 rings (SSSR count). The van der Waals surface area contributed by atoms with E-state index >= 15 is 0 Å². The van der Waals surface area contributed by atoms with E-state index in [1.54, 1.807) is 19.9 Å². The third-order valence-corrected chi connectivity index (χ3v) is 3.34. The zero-order valence-corrected chi connectivity index (χ0v) is 11.1. The van der Waals surface area contributed by atoms with Crippen LogP contribution in [0, 0.1) is 5.82 Å². The minimum atomic E-state index is -0.754. The van der Waals surface area contributed by atoms with Crippen molar-refractivity contribution in [2.45, 2.75) is 23.5 Å². The predicted molar refractivity (Wildman–Crippen MR) is 64.9 cm³/mol. The highest BCUT2D eigenvalue weighted by atomic mass is 32.2. The highest BCUT2D eigenvalue weighted by molar-refractivity contribution is 8.01. The fourth-order valence-corrected chi connectivity index (χ4v) is 2.35. The van der Waals surface area contributed by atoms with Crippen LogP contribution in [0.25, 0.3) is 0 Å². The van der Waals surface area contributed by atoms with E-state index in [0.29, 0.717) is 4.90 Å². The van der Waals surface area contributed by atoms with Crippen LogP contribution >= 0.6 is 11.8 Å². The predicted octanol–water partition coefficient (Wildman–Crippen LogP) is 2.88. The van der Waals surface area contributed by atoms with E-state index in [0.717, 1.165) is 0 Å². The minimum Gasteiger partial charge on any atom is -0.494 e. The first-order valence-electron chi connectivity index (χ1n) is 5.01. The van der Waals surface area contributed by atoms with Crippen LogP contribution < -0.4 is 4.74 Å². The molecule has 94 valence electrons. The molecule has 0 aliphatic rings. The van der Waals surface area contributed by atoms with Crippen molar-refractivity contribution in [3.8, 4) is 5.75 Å². The smallest absolute Gasteiger partial charge is 0.321 e. The summed E-state index contributed by atoms with van der Waals surface area (Å²) in [5, 5.41) is 0. The molecule has 0 aliphatic carbocycles. The molecule has 3 nitrogen and oxygen atoms in total. The quantitative estimate of drug-likeness (QED) is 0.614. The lowest BCUT2D eigenvalue weighted by molar-refractivity contribution is -0.142. The average Bonchev–Trinajstić information content (AvgIpc) is 2.27. The molecule has 0 atom stereocenters. The molecule has 0 N–H and O–H groups in total. The first-order valence-corrected chi connectivity index (χ1v) is 5.83. The second kappa shape index (κ2) is 5.40. The van der Waals surface area contributed by atoms with E-state index in [4.69, 9.17) is 4.74 Å². The number of thioether (sulfide) groups is 1. The molecule has 5 heteroatoms. The summed E-state index contributed by atoms with van der Waals surface area (Å²) in [6.07, 6.45) is 0. The van der Waals surface area contributed by atoms with Crippen LogP contribution in [0.3, 0.4) is 0 Å². The molecule has 1 aromatic carbocycles. The first kappa shape index (κ1) is 13.8. The van der Waals surface area contributed by atoms with Gasteiger partial charge in [0.25, 0.3) is 0 Å². The highest BCUT2D eigenvalue weighted by Gasteiger charge is 2.30. The second-order valence-electron chi connectivity index (χ2n) is 3.90. The van der Waals surface area contributed by atoms with Gasteiger partial charge < -0.3 is 9.47 Å². The number of esters is 1. The van der Waals surface area contributed by atoms with Gasteiger partial charge in [-0.25, -0.2) is 4.39 Å². The molecule has 0 bridgehead atoms. The van der Waals surface area contributed by atoms with E-state index < -0.39 is 10.6 Å². The van der Waals surface area contributed by atoms with Gasteiger partial charge in [0.15, 0.2) is 11.6 Å². The van der Waals surface area contributed by atoms with Crippen LogP contribution in [-0.4, -0.2) is 24.9 Å². The zero-order chi connectivity index (χ0) is 13.1. The van der Waals surface area contributed by atoms with Crippen molar-refractivity contribution in [3.05, 3.63) is 24.0 Å². The summed E-state index contributed by atoms with van der Waals surface area (Å²) in [5.41, 5.74) is 0. The fraction of sp³-hybridized carbons (Fsp3) is 0.417. The number of carbonyl (C=O) groups is 1. The van der Waals surface area contributed by atoms with Gasteiger partial charge in [-0.2, -0.15) is 0 Å². The van der Waals surface area contributed by atoms with Crippen molar-refractivity contribution in [3.63, 3.8) is 0 Å². The van der Waals surface area contributed by atoms with Crippen molar-refractivity contribution in [2.24, 2.45) is 0 Å². The van der Waals surface area contributed by atoms with Crippen LogP contribution in [-0.2, 0) is 9.53 Å². The largest absolute Gasteiger partial charge is 0.494 e. The zero-order valence-electron chi connectivity index (χ0n) is 10.2. The molecule has 0 saturated carbocycles. The number of halogens is 1. The molecular formula is C12H15FO3S. The molecule has 0 fully saturated rings. The van der Waals surface area contributed by atoms with Gasteiger partial charge in [-0.15, -0.1) is 11.8 Å². The van der Waals surface area contributed by atoms with E-state index in [1.165, 1.54) is 38.1 Å². The lowest BCUT2D eigenvalue weighted by Gasteiger charge is -2.20. The Morgan fingerprint density at radius 1 is 1.35 bits per heavy atom. The molecule has 17 heavy (non-hydrogen) atoms. The van der Waals surface area contributed by atoms with Crippen molar-refractivity contribution in [1.29, 1.82) is 0 Å². The molecule has 0 amide bonds. The number of methoxy groups -OCH3 is 2. The monoisotopic (exact) mass is 258 g/mol. The summed E-state index contributed by atoms with van der Waals surface area (Å²) < 4.78 is 22.2. The molecule has 1 aromatic rings. The van der Waals surface area contributed by atoms with Crippen LogP contribution in [0.2, 0.25) is 0 Å². The molecule has 0 unspecified atom stereocenters. The van der Waals surface area contributed by atoms with Gasteiger partial charge in [0.05, 0.1) is 14.2 Å². The van der Waals surface area contributed by atoms with Crippen LogP contribution in [0.1, 0.15) is 13.8 Å². The number of benzene rings is 1. The van der Waals surface area contributed by atoms with Crippen molar-refractivity contribution >= 4 is 17.7 Å². The highest BCUT2D eigenvalue weighted by Crippen LogP contribution is 2.35. The average molecular weight is 258 g/mol. The third-order valence-electron chi connectivity index (χ3n) is 2.17. The number of ether oxygens (including phenoxy) is 2. The van der Waals surface area contributed by atoms with Gasteiger partial charge in [-0.1, -0.05) is 0 Å². The Balaban J connectivity index is 2.89. The molecule has 0 aromatic heterocycles. The van der Waals surface area contributed by atoms with Crippen LogP contribution in [0.4, 0.5) is 4.39 Å². The van der Waals surface area contributed by atoms with Gasteiger partial charge in [0, 0.05) is 4.90 Å². The maximum atomic E-state index is 13.5. The summed E-state index contributed by atoms with van der Waals surface area (Å²) in [6.45, 7) is 3.46. The SMILES string of the molecule is COC(=O)C(C)(C)Sc1ccc(OC)c(F)c1. The third kappa shape index (κ3) is 3.36. The van der Waals surface area contributed by atoms with E-state index in [9.17, 15) is 9.18 Å². The molecule has 0 heterocycles. The molecule has 0 aliphatic heterocycles. The van der Waals surface area contributed by atoms with Gasteiger partial charge >= 0.3 is 5.97 Å². The summed E-state index contributed by atoms with van der Waals surface area (Å²) in [6, 6.07) is 4.58. The van der Waals surface area contributed by atoms with Crippen molar-refractivity contribution in [2.75, 3.05) is 14.2 Å². The van der Waals surface area contributed by atoms with Crippen molar-refractivity contribution in [1.82, 2.24) is 0 Å². The molecule has 0 radical (unpaired) electrons. The lowest BCUT2D eigenvalue weighted by Crippen LogP contribution is -2.28. The summed E-state index contributed by atoms with van der Waals surface area (Å²) >= 11 is 1.24. The minimum absolute atomic E-state index is 0.185. The van der Waals surface area contributed by atoms with Gasteiger partial charge in [0.2, 0.25) is 0 Å². The topological polar surface area (TPSA) is 35.5 Å².